The molecule has 3 aromatic rings. The first-order valence-electron chi connectivity index (χ1n) is 10.0. The lowest BCUT2D eigenvalue weighted by molar-refractivity contribution is 0.404. The van der Waals surface area contributed by atoms with Crippen LogP contribution in [0.2, 0.25) is 0 Å². The first-order valence-corrected chi connectivity index (χ1v) is 10.0. The predicted octanol–water partition coefficient (Wildman–Crippen LogP) is 2.77. The van der Waals surface area contributed by atoms with E-state index in [2.05, 4.69) is 38.4 Å². The van der Waals surface area contributed by atoms with Crippen molar-refractivity contribution in [2.45, 2.75) is 39.2 Å². The highest BCUT2D eigenvalue weighted by Crippen LogP contribution is 2.29. The molecule has 1 saturated heterocycles. The van der Waals surface area contributed by atoms with Crippen molar-refractivity contribution in [2.24, 2.45) is 5.92 Å². The molecule has 1 atom stereocenters. The molecular formula is C21H26N6. The van der Waals surface area contributed by atoms with Gasteiger partial charge < -0.3 is 15.2 Å². The van der Waals surface area contributed by atoms with Crippen LogP contribution in [-0.2, 0) is 19.4 Å². The highest BCUT2D eigenvalue weighted by atomic mass is 15.2. The molecule has 1 aromatic carbocycles. The third-order valence-corrected chi connectivity index (χ3v) is 5.77. The molecule has 0 bridgehead atoms. The largest absolute Gasteiger partial charge is 0.356 e. The highest BCUT2D eigenvalue weighted by Gasteiger charge is 2.26. The quantitative estimate of drug-likeness (QED) is 0.750. The van der Waals surface area contributed by atoms with E-state index in [0.717, 1.165) is 61.7 Å². The number of imidazole rings is 1. The number of nitrogens with zero attached hydrogens (tertiary/aromatic N) is 4. The van der Waals surface area contributed by atoms with E-state index in [1.54, 1.807) is 0 Å². The van der Waals surface area contributed by atoms with E-state index < -0.39 is 0 Å². The summed E-state index contributed by atoms with van der Waals surface area (Å²) in [4.78, 5) is 20.3. The van der Waals surface area contributed by atoms with E-state index in [1.165, 1.54) is 29.9 Å². The first-order chi connectivity index (χ1) is 13.3. The SMILES string of the molecule is Cc1nc2c(c(N3CCCC(Cc4nc5ccccc5[nH]4)C3)n1)CCNC2. The van der Waals surface area contributed by atoms with Crippen LogP contribution in [0.15, 0.2) is 24.3 Å². The molecule has 6 nitrogen and oxygen atoms in total. The van der Waals surface area contributed by atoms with Crippen molar-refractivity contribution in [1.82, 2.24) is 25.3 Å². The van der Waals surface area contributed by atoms with Gasteiger partial charge >= 0.3 is 0 Å². The first kappa shape index (κ1) is 16.7. The Labute approximate surface area is 159 Å². The molecule has 6 heteroatoms. The average Bonchev–Trinajstić information content (AvgIpc) is 3.09. The van der Waals surface area contributed by atoms with Crippen LogP contribution in [0.4, 0.5) is 5.82 Å². The minimum atomic E-state index is 0.604. The zero-order chi connectivity index (χ0) is 18.2. The summed E-state index contributed by atoms with van der Waals surface area (Å²) < 4.78 is 0. The van der Waals surface area contributed by atoms with E-state index >= 15 is 0 Å². The van der Waals surface area contributed by atoms with E-state index in [9.17, 15) is 0 Å². The Morgan fingerprint density at radius 1 is 1.19 bits per heavy atom. The average molecular weight is 362 g/mol. The van der Waals surface area contributed by atoms with Gasteiger partial charge in [-0.1, -0.05) is 12.1 Å². The van der Waals surface area contributed by atoms with Crippen LogP contribution in [0.25, 0.3) is 11.0 Å². The van der Waals surface area contributed by atoms with Crippen LogP contribution < -0.4 is 10.2 Å². The van der Waals surface area contributed by atoms with E-state index in [1.807, 2.05) is 13.0 Å². The lowest BCUT2D eigenvalue weighted by atomic mass is 9.93. The van der Waals surface area contributed by atoms with Crippen molar-refractivity contribution >= 4 is 16.9 Å². The number of anilines is 1. The summed E-state index contributed by atoms with van der Waals surface area (Å²) >= 11 is 0. The maximum absolute atomic E-state index is 4.85. The maximum atomic E-state index is 4.85. The van der Waals surface area contributed by atoms with Gasteiger partial charge in [-0.3, -0.25) is 0 Å². The van der Waals surface area contributed by atoms with Crippen molar-refractivity contribution < 1.29 is 0 Å². The van der Waals surface area contributed by atoms with Crippen LogP contribution in [0.5, 0.6) is 0 Å². The van der Waals surface area contributed by atoms with E-state index in [-0.39, 0.29) is 0 Å². The van der Waals surface area contributed by atoms with E-state index in [0.29, 0.717) is 5.92 Å². The van der Waals surface area contributed by atoms with Crippen molar-refractivity contribution in [2.75, 3.05) is 24.5 Å². The number of hydrogen-bond acceptors (Lipinski definition) is 5. The lowest BCUT2D eigenvalue weighted by Gasteiger charge is -2.35. The molecule has 2 aromatic heterocycles. The molecule has 5 rings (SSSR count). The van der Waals surface area contributed by atoms with Gasteiger partial charge in [0.1, 0.15) is 17.5 Å². The number of hydrogen-bond donors (Lipinski definition) is 2. The van der Waals surface area contributed by atoms with Gasteiger partial charge in [-0.15, -0.1) is 0 Å². The van der Waals surface area contributed by atoms with Gasteiger partial charge in [0.25, 0.3) is 0 Å². The molecule has 0 spiro atoms. The molecule has 1 unspecified atom stereocenters. The molecular weight excluding hydrogens is 336 g/mol. The minimum absolute atomic E-state index is 0.604. The third kappa shape index (κ3) is 3.30. The smallest absolute Gasteiger partial charge is 0.135 e. The van der Waals surface area contributed by atoms with Crippen molar-refractivity contribution in [3.8, 4) is 0 Å². The summed E-state index contributed by atoms with van der Waals surface area (Å²) in [5.41, 5.74) is 4.73. The lowest BCUT2D eigenvalue weighted by Crippen LogP contribution is -2.39. The Balaban J connectivity index is 1.37. The molecule has 0 saturated carbocycles. The molecule has 4 heterocycles. The van der Waals surface area contributed by atoms with Gasteiger partial charge in [0.2, 0.25) is 0 Å². The minimum Gasteiger partial charge on any atom is -0.356 e. The summed E-state index contributed by atoms with van der Waals surface area (Å²) in [6.07, 6.45) is 4.48. The Kier molecular flexibility index (Phi) is 4.28. The molecule has 0 radical (unpaired) electrons. The number of piperidine rings is 1. The van der Waals surface area contributed by atoms with Gasteiger partial charge in [0.15, 0.2) is 0 Å². The standard InChI is InChI=1S/C21H26N6/c1-14-23-19-12-22-9-8-16(19)21(24-14)27-10-4-5-15(13-27)11-20-25-17-6-2-3-7-18(17)26-20/h2-3,6-7,15,22H,4-5,8-13H2,1H3,(H,25,26). The molecule has 1 fully saturated rings. The van der Waals surface area contributed by atoms with Gasteiger partial charge in [0.05, 0.1) is 16.7 Å². The number of aromatic amines is 1. The fourth-order valence-electron chi connectivity index (χ4n) is 4.52. The van der Waals surface area contributed by atoms with Crippen LogP contribution in [0.3, 0.4) is 0 Å². The molecule has 0 amide bonds. The number of rotatable bonds is 3. The summed E-state index contributed by atoms with van der Waals surface area (Å²) in [5, 5.41) is 3.43. The second-order valence-electron chi connectivity index (χ2n) is 7.81. The number of H-pyrrole nitrogens is 1. The molecule has 2 N–H and O–H groups in total. The second-order valence-corrected chi connectivity index (χ2v) is 7.81. The zero-order valence-corrected chi connectivity index (χ0v) is 15.8. The van der Waals surface area contributed by atoms with Crippen LogP contribution in [0.1, 0.15) is 35.7 Å². The summed E-state index contributed by atoms with van der Waals surface area (Å²) in [5.74, 6) is 3.76. The molecule has 0 aliphatic carbocycles. The summed E-state index contributed by atoms with van der Waals surface area (Å²) in [7, 11) is 0. The van der Waals surface area contributed by atoms with Crippen molar-refractivity contribution in [1.29, 1.82) is 0 Å². The third-order valence-electron chi connectivity index (χ3n) is 5.77. The van der Waals surface area contributed by atoms with Gasteiger partial charge in [0, 0.05) is 31.6 Å². The summed E-state index contributed by atoms with van der Waals surface area (Å²) in [6.45, 7) is 6.03. The molecule has 140 valence electrons. The number of aromatic nitrogens is 4. The van der Waals surface area contributed by atoms with Crippen molar-refractivity contribution in [3.63, 3.8) is 0 Å². The second kappa shape index (κ2) is 6.93. The zero-order valence-electron chi connectivity index (χ0n) is 15.8. The number of nitrogens with one attached hydrogen (secondary N) is 2. The van der Waals surface area contributed by atoms with Crippen LogP contribution in [0, 0.1) is 12.8 Å². The fraction of sp³-hybridized carbons (Fsp3) is 0.476. The normalized spacial score (nSPS) is 20.0. The predicted molar refractivity (Wildman–Crippen MR) is 107 cm³/mol. The maximum Gasteiger partial charge on any atom is 0.135 e. The van der Waals surface area contributed by atoms with Crippen LogP contribution in [-0.4, -0.2) is 39.6 Å². The number of fused-ring (bicyclic) bond motifs is 2. The monoisotopic (exact) mass is 362 g/mol. The Morgan fingerprint density at radius 2 is 2.11 bits per heavy atom. The molecule has 27 heavy (non-hydrogen) atoms. The van der Waals surface area contributed by atoms with Crippen molar-refractivity contribution in [3.05, 3.63) is 47.2 Å². The van der Waals surface area contributed by atoms with Gasteiger partial charge in [-0.2, -0.15) is 0 Å². The Hall–Kier alpha value is -2.47. The molecule has 2 aliphatic heterocycles. The van der Waals surface area contributed by atoms with Crippen LogP contribution >= 0.6 is 0 Å². The number of aryl methyl sites for hydroxylation is 1. The Bertz CT molecular complexity index is 929. The number of benzene rings is 1. The summed E-state index contributed by atoms with van der Waals surface area (Å²) in [6, 6.07) is 8.28. The highest BCUT2D eigenvalue weighted by molar-refractivity contribution is 5.74. The topological polar surface area (TPSA) is 69.7 Å². The van der Waals surface area contributed by atoms with Gasteiger partial charge in [-0.05, 0) is 50.8 Å². The fourth-order valence-corrected chi connectivity index (χ4v) is 4.52. The number of para-hydroxylation sites is 2. The molecule has 2 aliphatic rings. The Morgan fingerprint density at radius 3 is 3.04 bits per heavy atom. The van der Waals surface area contributed by atoms with E-state index in [4.69, 9.17) is 9.97 Å². The van der Waals surface area contributed by atoms with Gasteiger partial charge in [-0.25, -0.2) is 15.0 Å².